The Morgan fingerprint density at radius 1 is 0.968 bits per heavy atom. The van der Waals surface area contributed by atoms with E-state index >= 15 is 0 Å². The van der Waals surface area contributed by atoms with Crippen molar-refractivity contribution in [2.75, 3.05) is 14.2 Å². The standard InChI is InChI=1S/C28H39NO2/c1-27-17-15-24-22(12-14-25-28(24,2)18-16-26(30)29(25)3)23(27)13-9-20(27)8-5-19-6-10-21(31-4)11-7-19/h5-8,10-11,20,22-25H,9,12-18H2,1-4H3/b8-5+/t20-,22-,23-,24-,25+,27+,28+/m0/s1. The lowest BCUT2D eigenvalue weighted by Crippen LogP contribution is -2.61. The Hall–Kier alpha value is -1.77. The fourth-order valence-corrected chi connectivity index (χ4v) is 8.45. The molecule has 5 rings (SSSR count). The molecule has 1 heterocycles. The number of methoxy groups -OCH3 is 1. The Kier molecular flexibility index (Phi) is 5.22. The Bertz CT molecular complexity index is 860. The molecule has 0 spiro atoms. The highest BCUT2D eigenvalue weighted by atomic mass is 16.5. The number of ether oxygens (including phenoxy) is 1. The van der Waals surface area contributed by atoms with E-state index in [4.69, 9.17) is 4.74 Å². The van der Waals surface area contributed by atoms with Crippen LogP contribution >= 0.6 is 0 Å². The van der Waals surface area contributed by atoms with Crippen molar-refractivity contribution >= 4 is 12.0 Å². The fourth-order valence-electron chi connectivity index (χ4n) is 8.45. The molecule has 7 atom stereocenters. The van der Waals surface area contributed by atoms with Gasteiger partial charge in [-0.25, -0.2) is 0 Å². The average molecular weight is 422 g/mol. The van der Waals surface area contributed by atoms with Crippen LogP contribution in [0.5, 0.6) is 5.75 Å². The normalized spacial score (nSPS) is 42.3. The molecule has 31 heavy (non-hydrogen) atoms. The van der Waals surface area contributed by atoms with Crippen LogP contribution in [0.15, 0.2) is 30.3 Å². The summed E-state index contributed by atoms with van der Waals surface area (Å²) in [6, 6.07) is 8.88. The van der Waals surface area contributed by atoms with Gasteiger partial charge in [0.15, 0.2) is 0 Å². The number of fused-ring (bicyclic) bond motifs is 5. The van der Waals surface area contributed by atoms with E-state index in [0.29, 0.717) is 28.7 Å². The van der Waals surface area contributed by atoms with E-state index in [1.807, 2.05) is 0 Å². The summed E-state index contributed by atoms with van der Waals surface area (Å²) < 4.78 is 5.30. The molecule has 0 radical (unpaired) electrons. The van der Waals surface area contributed by atoms with E-state index in [9.17, 15) is 4.79 Å². The van der Waals surface area contributed by atoms with E-state index in [-0.39, 0.29) is 0 Å². The van der Waals surface area contributed by atoms with Crippen molar-refractivity contribution in [1.82, 2.24) is 4.90 Å². The van der Waals surface area contributed by atoms with Crippen molar-refractivity contribution in [3.63, 3.8) is 0 Å². The quantitative estimate of drug-likeness (QED) is 0.582. The van der Waals surface area contributed by atoms with Crippen molar-refractivity contribution in [3.8, 4) is 5.75 Å². The number of carbonyl (C=O) groups excluding carboxylic acids is 1. The fraction of sp³-hybridized carbons (Fsp3) is 0.679. The average Bonchev–Trinajstić information content (AvgIpc) is 3.12. The number of allylic oxidation sites excluding steroid dienone is 1. The summed E-state index contributed by atoms with van der Waals surface area (Å²) in [5.41, 5.74) is 2.03. The second-order valence-corrected chi connectivity index (χ2v) is 11.3. The van der Waals surface area contributed by atoms with Gasteiger partial charge in [-0.2, -0.15) is 0 Å². The molecule has 3 saturated carbocycles. The van der Waals surface area contributed by atoms with Crippen molar-refractivity contribution in [3.05, 3.63) is 35.9 Å². The van der Waals surface area contributed by atoms with E-state index < -0.39 is 0 Å². The summed E-state index contributed by atoms with van der Waals surface area (Å²) in [5.74, 6) is 4.46. The van der Waals surface area contributed by atoms with Crippen LogP contribution in [0.2, 0.25) is 0 Å². The Labute approximate surface area is 188 Å². The second-order valence-electron chi connectivity index (χ2n) is 11.3. The molecule has 0 bridgehead atoms. The minimum atomic E-state index is 0.323. The number of nitrogens with zero attached hydrogens (tertiary/aromatic N) is 1. The molecule has 168 valence electrons. The first kappa shape index (κ1) is 21.1. The molecule has 3 heteroatoms. The van der Waals surface area contributed by atoms with Crippen molar-refractivity contribution in [2.45, 2.75) is 71.3 Å². The highest BCUT2D eigenvalue weighted by Gasteiger charge is 2.60. The topological polar surface area (TPSA) is 29.5 Å². The molecule has 1 amide bonds. The molecule has 4 fully saturated rings. The van der Waals surface area contributed by atoms with E-state index in [0.717, 1.165) is 36.3 Å². The monoisotopic (exact) mass is 421 g/mol. The van der Waals surface area contributed by atoms with Gasteiger partial charge >= 0.3 is 0 Å². The Morgan fingerprint density at radius 2 is 1.71 bits per heavy atom. The van der Waals surface area contributed by atoms with Crippen LogP contribution in [0.1, 0.15) is 70.8 Å². The van der Waals surface area contributed by atoms with Crippen LogP contribution in [0.4, 0.5) is 0 Å². The molecule has 3 aliphatic carbocycles. The number of likely N-dealkylation sites (tertiary alicyclic amines) is 1. The van der Waals surface area contributed by atoms with Gasteiger partial charge in [-0.3, -0.25) is 4.79 Å². The maximum atomic E-state index is 12.4. The van der Waals surface area contributed by atoms with Gasteiger partial charge in [-0.1, -0.05) is 38.1 Å². The number of rotatable bonds is 3. The van der Waals surface area contributed by atoms with E-state index in [1.54, 1.807) is 7.11 Å². The third-order valence-corrected chi connectivity index (χ3v) is 10.3. The molecule has 3 nitrogen and oxygen atoms in total. The maximum absolute atomic E-state index is 12.4. The number of hydrogen-bond acceptors (Lipinski definition) is 2. The minimum absolute atomic E-state index is 0.323. The van der Waals surface area contributed by atoms with Crippen LogP contribution in [0, 0.1) is 34.5 Å². The first-order chi connectivity index (χ1) is 14.9. The van der Waals surface area contributed by atoms with Crippen LogP contribution in [0.25, 0.3) is 6.08 Å². The lowest BCUT2D eigenvalue weighted by atomic mass is 9.47. The van der Waals surface area contributed by atoms with Crippen molar-refractivity contribution in [2.24, 2.45) is 34.5 Å². The molecular formula is C28H39NO2. The predicted molar refractivity (Wildman–Crippen MR) is 126 cm³/mol. The lowest BCUT2D eigenvalue weighted by Gasteiger charge is -2.61. The number of hydrogen-bond donors (Lipinski definition) is 0. The summed E-state index contributed by atoms with van der Waals surface area (Å²) in [5, 5.41) is 0. The van der Waals surface area contributed by atoms with Gasteiger partial charge in [0.2, 0.25) is 5.91 Å². The summed E-state index contributed by atoms with van der Waals surface area (Å²) in [7, 11) is 3.78. The number of benzene rings is 1. The number of piperidine rings is 1. The zero-order chi connectivity index (χ0) is 21.8. The lowest BCUT2D eigenvalue weighted by molar-refractivity contribution is -0.157. The maximum Gasteiger partial charge on any atom is 0.222 e. The molecule has 4 aliphatic rings. The molecule has 1 saturated heterocycles. The van der Waals surface area contributed by atoms with Gasteiger partial charge in [0.25, 0.3) is 0 Å². The van der Waals surface area contributed by atoms with E-state index in [1.165, 1.54) is 44.1 Å². The molecule has 0 aromatic heterocycles. The molecular weight excluding hydrogens is 382 g/mol. The molecule has 0 N–H and O–H groups in total. The minimum Gasteiger partial charge on any atom is -0.497 e. The summed E-state index contributed by atoms with van der Waals surface area (Å²) >= 11 is 0. The number of carbonyl (C=O) groups is 1. The van der Waals surface area contributed by atoms with Gasteiger partial charge in [-0.05, 0) is 97.1 Å². The highest BCUT2D eigenvalue weighted by molar-refractivity contribution is 5.77. The highest BCUT2D eigenvalue weighted by Crippen LogP contribution is 2.66. The molecule has 1 aromatic rings. The first-order valence-electron chi connectivity index (χ1n) is 12.4. The van der Waals surface area contributed by atoms with E-state index in [2.05, 4.69) is 62.2 Å². The van der Waals surface area contributed by atoms with Gasteiger partial charge < -0.3 is 9.64 Å². The SMILES string of the molecule is COc1ccc(/C=C/[C@H]2CC[C@H]3[C@@H]4CC[C@H]5N(C)C(=O)CC[C@]5(C)[C@H]4CC[C@]23C)cc1. The van der Waals surface area contributed by atoms with Crippen LogP contribution < -0.4 is 4.74 Å². The molecule has 1 aliphatic heterocycles. The van der Waals surface area contributed by atoms with Crippen molar-refractivity contribution in [1.29, 1.82) is 0 Å². The molecule has 1 aromatic carbocycles. The zero-order valence-electron chi connectivity index (χ0n) is 19.8. The third-order valence-electron chi connectivity index (χ3n) is 10.3. The van der Waals surface area contributed by atoms with Crippen LogP contribution in [-0.4, -0.2) is 31.0 Å². The van der Waals surface area contributed by atoms with Gasteiger partial charge in [0, 0.05) is 19.5 Å². The van der Waals surface area contributed by atoms with Gasteiger partial charge in [0.1, 0.15) is 5.75 Å². The summed E-state index contributed by atoms with van der Waals surface area (Å²) in [6.45, 7) is 5.12. The van der Waals surface area contributed by atoms with Crippen LogP contribution in [-0.2, 0) is 4.79 Å². The van der Waals surface area contributed by atoms with Crippen LogP contribution in [0.3, 0.4) is 0 Å². The summed E-state index contributed by atoms with van der Waals surface area (Å²) in [6.07, 6.45) is 14.6. The Morgan fingerprint density at radius 3 is 2.45 bits per heavy atom. The Balaban J connectivity index is 1.34. The third kappa shape index (κ3) is 3.26. The molecule has 0 unspecified atom stereocenters. The number of amides is 1. The zero-order valence-corrected chi connectivity index (χ0v) is 19.8. The van der Waals surface area contributed by atoms with Gasteiger partial charge in [0.05, 0.1) is 7.11 Å². The second kappa shape index (κ2) is 7.67. The predicted octanol–water partition coefficient (Wildman–Crippen LogP) is 6.19. The first-order valence-corrected chi connectivity index (χ1v) is 12.4. The summed E-state index contributed by atoms with van der Waals surface area (Å²) in [4.78, 5) is 14.5. The van der Waals surface area contributed by atoms with Gasteiger partial charge in [-0.15, -0.1) is 0 Å². The van der Waals surface area contributed by atoms with Crippen molar-refractivity contribution < 1.29 is 9.53 Å². The largest absolute Gasteiger partial charge is 0.497 e. The smallest absolute Gasteiger partial charge is 0.222 e.